The summed E-state index contributed by atoms with van der Waals surface area (Å²) in [6, 6.07) is 5.72. The minimum atomic E-state index is -4.41. The van der Waals surface area contributed by atoms with Crippen molar-refractivity contribution in [2.75, 3.05) is 0 Å². The van der Waals surface area contributed by atoms with Crippen molar-refractivity contribution in [3.8, 4) is 0 Å². The molecule has 6 fully saturated rings. The lowest BCUT2D eigenvalue weighted by atomic mass is 8.87. The van der Waals surface area contributed by atoms with Gasteiger partial charge >= 0.3 is 6.18 Å². The van der Waals surface area contributed by atoms with Crippen LogP contribution in [-0.4, -0.2) is 45.8 Å². The maximum absolute atomic E-state index is 14.3. The Bertz CT molecular complexity index is 1120. The van der Waals surface area contributed by atoms with E-state index in [1.54, 1.807) is 12.1 Å². The third kappa shape index (κ3) is 2.02. The molecule has 6 aliphatic carbocycles. The lowest BCUT2D eigenvalue weighted by Crippen LogP contribution is -3.18. The van der Waals surface area contributed by atoms with Gasteiger partial charge in [0.15, 0.2) is 0 Å². The minimum absolute atomic E-state index is 0.0377. The van der Waals surface area contributed by atoms with Crippen LogP contribution < -0.4 is 0 Å². The molecule has 0 heterocycles. The number of alkyl halides is 3. The number of rotatable bonds is 7. The van der Waals surface area contributed by atoms with Crippen molar-refractivity contribution >= 4 is 11.8 Å². The maximum Gasteiger partial charge on any atom is 0.416 e. The Morgan fingerprint density at radius 1 is 0.722 bits per heavy atom. The van der Waals surface area contributed by atoms with Crippen molar-refractivity contribution in [2.45, 2.75) is 91.1 Å². The predicted molar refractivity (Wildman–Crippen MR) is 130 cm³/mol. The largest absolute Gasteiger partial charge is 0.416 e. The number of halogens is 3. The molecule has 1 aromatic rings. The molecule has 196 valence electrons. The monoisotopic (exact) mass is 502 g/mol. The van der Waals surface area contributed by atoms with Crippen molar-refractivity contribution < 1.29 is 22.8 Å². The Morgan fingerprint density at radius 3 is 1.53 bits per heavy atom. The second-order valence-electron chi connectivity index (χ2n) is 13.1. The Balaban J connectivity index is 1.44. The molecular formula is C29H37F3N2O2. The van der Waals surface area contributed by atoms with E-state index in [0.29, 0.717) is 0 Å². The Morgan fingerprint density at radius 2 is 1.14 bits per heavy atom. The van der Waals surface area contributed by atoms with Crippen LogP contribution in [-0.2, 0) is 21.2 Å². The molecule has 0 aromatic heterocycles. The van der Waals surface area contributed by atoms with E-state index in [1.165, 1.54) is 0 Å². The fraction of sp³-hybridized carbons (Fsp3) is 0.724. The molecule has 7 heteroatoms. The molecule has 0 aliphatic heterocycles. The second-order valence-corrected chi connectivity index (χ2v) is 13.1. The fourth-order valence-corrected chi connectivity index (χ4v) is 10.7. The molecule has 1 aromatic carbocycles. The van der Waals surface area contributed by atoms with Crippen molar-refractivity contribution in [1.29, 1.82) is 0 Å². The molecule has 0 radical (unpaired) electrons. The third-order valence-electron chi connectivity index (χ3n) is 10.9. The van der Waals surface area contributed by atoms with Gasteiger partial charge in [-0.1, -0.05) is 12.1 Å². The van der Waals surface area contributed by atoms with E-state index in [2.05, 4.69) is 0 Å². The lowest BCUT2D eigenvalue weighted by molar-refractivity contribution is -0.641. The summed E-state index contributed by atoms with van der Waals surface area (Å²) in [4.78, 5) is 32.3. The summed E-state index contributed by atoms with van der Waals surface area (Å²) in [5.74, 6) is 1.06. The van der Waals surface area contributed by atoms with E-state index in [9.17, 15) is 22.8 Å². The summed E-state index contributed by atoms with van der Waals surface area (Å²) >= 11 is 0. The maximum atomic E-state index is 14.3. The third-order valence-corrected chi connectivity index (χ3v) is 10.9. The number of benzene rings is 1. The number of hydrogen-bond acceptors (Lipinski definition) is 2. The number of amides is 2. The van der Waals surface area contributed by atoms with Crippen LogP contribution in [0.5, 0.6) is 0 Å². The zero-order chi connectivity index (χ0) is 26.5. The first-order valence-electron chi connectivity index (χ1n) is 13.5. The summed E-state index contributed by atoms with van der Waals surface area (Å²) in [6.07, 6.45) is -4.41. The van der Waals surface area contributed by atoms with Crippen LogP contribution in [0.1, 0.15) is 66.5 Å². The van der Waals surface area contributed by atoms with Gasteiger partial charge in [0.1, 0.15) is 0 Å². The molecule has 4 atom stereocenters. The highest BCUT2D eigenvalue weighted by Gasteiger charge is 3.18. The molecule has 2 amide bonds. The average Bonchev–Trinajstić information content (AvgIpc) is 2.76. The lowest BCUT2D eigenvalue weighted by Gasteiger charge is -3.14. The highest BCUT2D eigenvalue weighted by atomic mass is 19.4. The van der Waals surface area contributed by atoms with Gasteiger partial charge in [-0.3, -0.25) is 9.59 Å². The van der Waals surface area contributed by atoms with Gasteiger partial charge in [-0.2, -0.15) is 13.2 Å². The molecule has 0 saturated heterocycles. The standard InChI is InChI=1S/C29H37F3N2O2/c1-13(2)33(14(3)4)24(35)26-19-20-22(26)27(17-9-11-18(12-10-17)29(30,31)32)23(26)21(19)28(20,27)25(36)34(15(5)6)16(7)8/h9-16,19-23H,1-8H3. The Hall–Kier alpha value is -2.05. The second kappa shape index (κ2) is 6.68. The molecule has 4 nitrogen and oxygen atoms in total. The van der Waals surface area contributed by atoms with Gasteiger partial charge in [0.05, 0.1) is 16.4 Å². The van der Waals surface area contributed by atoms with Crippen LogP contribution in [0.15, 0.2) is 24.3 Å². The van der Waals surface area contributed by atoms with Crippen molar-refractivity contribution in [2.24, 2.45) is 40.4 Å². The SMILES string of the molecule is CC(C)N(C(=O)C12C3C4C1C1(c5ccc(C(F)(F)F)cc5)C2C3C41C(=O)N(C(C)C)C(C)C)C(C)C. The van der Waals surface area contributed by atoms with Crippen LogP contribution in [0.3, 0.4) is 0 Å². The first-order chi connectivity index (χ1) is 16.7. The number of carbonyl (C=O) groups is 2. The van der Waals surface area contributed by atoms with Crippen molar-refractivity contribution in [1.82, 2.24) is 9.80 Å². The molecule has 6 saturated carbocycles. The van der Waals surface area contributed by atoms with Gasteiger partial charge in [-0.25, -0.2) is 0 Å². The molecular weight excluding hydrogens is 465 g/mol. The molecule has 0 N–H and O–H groups in total. The van der Waals surface area contributed by atoms with Crippen molar-refractivity contribution in [3.63, 3.8) is 0 Å². The van der Waals surface area contributed by atoms with Gasteiger partial charge in [0, 0.05) is 29.6 Å². The smallest absolute Gasteiger partial charge is 0.337 e. The van der Waals surface area contributed by atoms with Crippen LogP contribution in [0.25, 0.3) is 0 Å². The summed E-state index contributed by atoms with van der Waals surface area (Å²) in [7, 11) is 0. The van der Waals surface area contributed by atoms with Crippen LogP contribution in [0.4, 0.5) is 13.2 Å². The number of hydrogen-bond donors (Lipinski definition) is 0. The van der Waals surface area contributed by atoms with Crippen LogP contribution in [0.2, 0.25) is 0 Å². The first-order valence-corrected chi connectivity index (χ1v) is 13.5. The van der Waals surface area contributed by atoms with Gasteiger partial charge in [0.2, 0.25) is 11.8 Å². The molecule has 4 unspecified atom stereocenters. The molecule has 7 rings (SSSR count). The van der Waals surface area contributed by atoms with E-state index < -0.39 is 28.0 Å². The van der Waals surface area contributed by atoms with Gasteiger partial charge in [-0.15, -0.1) is 0 Å². The molecule has 0 spiro atoms. The van der Waals surface area contributed by atoms with Crippen molar-refractivity contribution in [3.05, 3.63) is 35.4 Å². The van der Waals surface area contributed by atoms with Gasteiger partial charge in [-0.05, 0) is 103 Å². The summed E-state index contributed by atoms with van der Waals surface area (Å²) in [5, 5.41) is 0. The summed E-state index contributed by atoms with van der Waals surface area (Å²) < 4.78 is 40.0. The topological polar surface area (TPSA) is 40.6 Å². The minimum Gasteiger partial charge on any atom is -0.337 e. The fourth-order valence-electron chi connectivity index (χ4n) is 10.7. The number of nitrogens with zero attached hydrogens (tertiary/aromatic N) is 2. The zero-order valence-electron chi connectivity index (χ0n) is 22.4. The first kappa shape index (κ1) is 24.3. The summed E-state index contributed by atoms with van der Waals surface area (Å²) in [6.45, 7) is 16.3. The normalized spacial score (nSPS) is 40.2. The predicted octanol–water partition coefficient (Wildman–Crippen LogP) is 5.36. The van der Waals surface area contributed by atoms with E-state index >= 15 is 0 Å². The number of carbonyl (C=O) groups excluding carboxylic acids is 2. The zero-order valence-corrected chi connectivity index (χ0v) is 22.4. The van der Waals surface area contributed by atoms with Crippen LogP contribution >= 0.6 is 0 Å². The molecule has 36 heavy (non-hydrogen) atoms. The average molecular weight is 503 g/mol. The van der Waals surface area contributed by atoms with E-state index in [1.807, 2.05) is 65.2 Å². The van der Waals surface area contributed by atoms with Crippen LogP contribution in [0, 0.1) is 40.4 Å². The van der Waals surface area contributed by atoms with E-state index in [-0.39, 0.29) is 65.6 Å². The highest BCUT2D eigenvalue weighted by Crippen LogP contribution is 3.14. The van der Waals surface area contributed by atoms with E-state index in [0.717, 1.165) is 17.7 Å². The highest BCUT2D eigenvalue weighted by molar-refractivity contribution is 6.04. The summed E-state index contributed by atoms with van der Waals surface area (Å²) in [5.41, 5.74) is -1.33. The molecule has 6 aliphatic rings. The Labute approximate surface area is 211 Å². The van der Waals surface area contributed by atoms with Gasteiger partial charge < -0.3 is 9.80 Å². The van der Waals surface area contributed by atoms with Gasteiger partial charge in [0.25, 0.3) is 0 Å². The molecule has 0 bridgehead atoms. The Kier molecular flexibility index (Phi) is 4.51. The van der Waals surface area contributed by atoms with E-state index in [4.69, 9.17) is 0 Å². The quantitative estimate of drug-likeness (QED) is 0.504.